The summed E-state index contributed by atoms with van der Waals surface area (Å²) >= 11 is 0. The number of hydrogen-bond acceptors (Lipinski definition) is 10. The molecule has 1 spiro atoms. The first-order valence-electron chi connectivity index (χ1n) is 15.3. The molecule has 0 bridgehead atoms. The van der Waals surface area contributed by atoms with Gasteiger partial charge in [-0.15, -0.1) is 0 Å². The molecule has 10 heteroatoms. The first-order chi connectivity index (χ1) is 19.7. The van der Waals surface area contributed by atoms with Crippen LogP contribution in [0.2, 0.25) is 0 Å². The number of hydrogen-bond donors (Lipinski definition) is 4. The van der Waals surface area contributed by atoms with Crippen LogP contribution in [-0.2, 0) is 28.6 Å². The molecule has 0 aromatic carbocycles. The molecular formula is C32H36O10. The molecule has 5 saturated carbocycles. The van der Waals surface area contributed by atoms with Crippen molar-refractivity contribution in [3.05, 3.63) is 33.4 Å². The Balaban J connectivity index is 1.36. The van der Waals surface area contributed by atoms with Crippen LogP contribution in [0, 0.1) is 52.3 Å². The van der Waals surface area contributed by atoms with Crippen LogP contribution in [0.25, 0.3) is 0 Å². The Labute approximate surface area is 242 Å². The van der Waals surface area contributed by atoms with Crippen molar-refractivity contribution in [1.29, 1.82) is 0 Å². The Hall–Kier alpha value is -2.53. The predicted octanol–water partition coefficient (Wildman–Crippen LogP) is 1.07. The Kier molecular flexibility index (Phi) is 4.36. The SMILES string of the molecule is CC(=O)OCC1C2CC2C2(C)C1CC1=C(CO)C(=O)OC13C1=C4C(O)(CC32)C2CC2C4(C)C(O)C2(O)OC(=O)C(C)=C12. The lowest BCUT2D eigenvalue weighted by Crippen LogP contribution is -2.68. The lowest BCUT2D eigenvalue weighted by molar-refractivity contribution is -0.243. The maximum Gasteiger partial charge on any atom is 0.337 e. The molecule has 10 nitrogen and oxygen atoms in total. The van der Waals surface area contributed by atoms with Gasteiger partial charge in [-0.3, -0.25) is 4.79 Å². The average molecular weight is 581 g/mol. The third kappa shape index (κ3) is 2.36. The van der Waals surface area contributed by atoms with E-state index in [2.05, 4.69) is 6.92 Å². The summed E-state index contributed by atoms with van der Waals surface area (Å²) in [5.74, 6) is -4.24. The van der Waals surface area contributed by atoms with Crippen molar-refractivity contribution >= 4 is 17.9 Å². The van der Waals surface area contributed by atoms with E-state index in [4.69, 9.17) is 14.2 Å². The topological polar surface area (TPSA) is 160 Å². The van der Waals surface area contributed by atoms with Crippen LogP contribution in [0.1, 0.15) is 53.4 Å². The largest absolute Gasteiger partial charge is 0.466 e. The lowest BCUT2D eigenvalue weighted by Gasteiger charge is -2.64. The molecule has 13 unspecified atom stereocenters. The summed E-state index contributed by atoms with van der Waals surface area (Å²) < 4.78 is 17.7. The minimum Gasteiger partial charge on any atom is -0.466 e. The highest BCUT2D eigenvalue weighted by Crippen LogP contribution is 2.84. The molecule has 13 atom stereocenters. The van der Waals surface area contributed by atoms with E-state index in [1.54, 1.807) is 0 Å². The first kappa shape index (κ1) is 25.9. The minimum absolute atomic E-state index is 0.00270. The zero-order chi connectivity index (χ0) is 29.7. The number of carbonyl (C=O) groups excluding carboxylic acids is 3. The Bertz CT molecular complexity index is 1560. The molecule has 9 aliphatic rings. The number of aliphatic hydroxyl groups excluding tert-OH is 2. The van der Waals surface area contributed by atoms with Crippen LogP contribution >= 0.6 is 0 Å². The zero-order valence-corrected chi connectivity index (χ0v) is 24.1. The molecule has 0 amide bonds. The molecule has 2 aliphatic heterocycles. The summed E-state index contributed by atoms with van der Waals surface area (Å²) in [4.78, 5) is 38.6. The number of carbonyl (C=O) groups is 3. The first-order valence-corrected chi connectivity index (χ1v) is 15.3. The van der Waals surface area contributed by atoms with Crippen molar-refractivity contribution in [3.8, 4) is 0 Å². The third-order valence-corrected chi connectivity index (χ3v) is 13.9. The van der Waals surface area contributed by atoms with E-state index >= 15 is 0 Å². The fourth-order valence-electron chi connectivity index (χ4n) is 12.2. The second-order valence-electron chi connectivity index (χ2n) is 15.0. The number of aliphatic hydroxyl groups is 4. The predicted molar refractivity (Wildman–Crippen MR) is 140 cm³/mol. The van der Waals surface area contributed by atoms with Gasteiger partial charge in [0, 0.05) is 35.0 Å². The van der Waals surface area contributed by atoms with Crippen molar-refractivity contribution in [2.24, 2.45) is 52.3 Å². The smallest absolute Gasteiger partial charge is 0.337 e. The van der Waals surface area contributed by atoms with Crippen molar-refractivity contribution < 1.29 is 49.0 Å². The maximum absolute atomic E-state index is 13.7. The second-order valence-corrected chi connectivity index (χ2v) is 15.0. The fourth-order valence-corrected chi connectivity index (χ4v) is 12.2. The van der Waals surface area contributed by atoms with Crippen LogP contribution in [0.4, 0.5) is 0 Å². The molecular weight excluding hydrogens is 544 g/mol. The molecule has 0 aromatic rings. The Morgan fingerprint density at radius 3 is 2.45 bits per heavy atom. The average Bonchev–Trinajstić information content (AvgIpc) is 3.82. The van der Waals surface area contributed by atoms with Crippen LogP contribution in [0.3, 0.4) is 0 Å². The highest BCUT2D eigenvalue weighted by Gasteiger charge is 2.86. The summed E-state index contributed by atoms with van der Waals surface area (Å²) in [5.41, 5.74) is -2.41. The van der Waals surface area contributed by atoms with Gasteiger partial charge in [-0.2, -0.15) is 0 Å². The second kappa shape index (κ2) is 7.06. The maximum atomic E-state index is 13.7. The summed E-state index contributed by atoms with van der Waals surface area (Å²) in [5, 5.41) is 47.3. The number of rotatable bonds is 3. The van der Waals surface area contributed by atoms with Crippen LogP contribution in [0.15, 0.2) is 33.4 Å². The minimum atomic E-state index is -2.36. The third-order valence-electron chi connectivity index (χ3n) is 13.9. The van der Waals surface area contributed by atoms with Gasteiger partial charge in [0.2, 0.25) is 0 Å². The van der Waals surface area contributed by atoms with Crippen LogP contribution in [-0.4, -0.2) is 74.6 Å². The van der Waals surface area contributed by atoms with Gasteiger partial charge in [0.15, 0.2) is 5.60 Å². The van der Waals surface area contributed by atoms with E-state index in [0.29, 0.717) is 41.9 Å². The Morgan fingerprint density at radius 1 is 1.02 bits per heavy atom. The highest BCUT2D eigenvalue weighted by molar-refractivity contribution is 5.98. The number of esters is 3. The summed E-state index contributed by atoms with van der Waals surface area (Å²) in [7, 11) is 0. The van der Waals surface area contributed by atoms with Gasteiger partial charge in [-0.1, -0.05) is 13.8 Å². The van der Waals surface area contributed by atoms with Gasteiger partial charge in [0.1, 0.15) is 6.10 Å². The van der Waals surface area contributed by atoms with E-state index < -0.39 is 58.4 Å². The standard InChI is InChI=1S/C32H36O10/c1-11-22-23-24-29(4,27(37)32(22,39)42-25(11)35)19-7-20(19)30(24,38)8-21-28(3)16-5-13(16)15(10-40-12(2)34)17(28)6-18-14(9-33)26(36)41-31(18,21)23/h13,15-17,19-21,27,33,37-39H,5-10H2,1-4H3. The van der Waals surface area contributed by atoms with Gasteiger partial charge >= 0.3 is 17.9 Å². The summed E-state index contributed by atoms with van der Waals surface area (Å²) in [6.07, 6.45) is 0.785. The van der Waals surface area contributed by atoms with Gasteiger partial charge in [-0.25, -0.2) is 9.59 Å². The molecule has 5 fully saturated rings. The van der Waals surface area contributed by atoms with E-state index in [1.165, 1.54) is 13.8 Å². The monoisotopic (exact) mass is 580 g/mol. The lowest BCUT2D eigenvalue weighted by atomic mass is 9.43. The number of fused-ring (bicyclic) bond motifs is 9. The Morgan fingerprint density at radius 2 is 1.76 bits per heavy atom. The van der Waals surface area contributed by atoms with Gasteiger partial charge < -0.3 is 34.6 Å². The quantitative estimate of drug-likeness (QED) is 0.281. The van der Waals surface area contributed by atoms with Crippen molar-refractivity contribution in [2.75, 3.05) is 13.2 Å². The summed E-state index contributed by atoms with van der Waals surface area (Å²) in [6.45, 7) is 6.70. The molecule has 0 saturated heterocycles. The van der Waals surface area contributed by atoms with Gasteiger partial charge in [0.05, 0.1) is 24.4 Å². The van der Waals surface area contributed by atoms with Crippen molar-refractivity contribution in [1.82, 2.24) is 0 Å². The van der Waals surface area contributed by atoms with Crippen molar-refractivity contribution in [2.45, 2.75) is 76.5 Å². The van der Waals surface area contributed by atoms with E-state index in [9.17, 15) is 34.8 Å². The van der Waals surface area contributed by atoms with Gasteiger partial charge in [-0.05, 0) is 84.7 Å². The van der Waals surface area contributed by atoms with E-state index in [1.807, 2.05) is 6.92 Å². The number of ether oxygens (including phenoxy) is 3. The van der Waals surface area contributed by atoms with Crippen molar-refractivity contribution in [3.63, 3.8) is 0 Å². The molecule has 2 heterocycles. The fraction of sp³-hybridized carbons (Fsp3) is 0.719. The van der Waals surface area contributed by atoms with Crippen LogP contribution in [0.5, 0.6) is 0 Å². The molecule has 224 valence electrons. The summed E-state index contributed by atoms with van der Waals surface area (Å²) in [6, 6.07) is 0. The van der Waals surface area contributed by atoms with Gasteiger partial charge in [0.25, 0.3) is 5.79 Å². The highest BCUT2D eigenvalue weighted by atomic mass is 16.7. The zero-order valence-electron chi connectivity index (χ0n) is 24.1. The molecule has 7 aliphatic carbocycles. The molecule has 4 N–H and O–H groups in total. The molecule has 9 rings (SSSR count). The molecule has 0 aromatic heterocycles. The van der Waals surface area contributed by atoms with E-state index in [-0.39, 0.29) is 58.9 Å². The molecule has 42 heavy (non-hydrogen) atoms. The van der Waals surface area contributed by atoms with E-state index in [0.717, 1.165) is 6.42 Å². The van der Waals surface area contributed by atoms with Crippen LogP contribution < -0.4 is 0 Å². The normalized spacial score (nSPS) is 55.2. The molecule has 0 radical (unpaired) electrons.